The van der Waals surface area contributed by atoms with Gasteiger partial charge in [0.25, 0.3) is 5.91 Å². The van der Waals surface area contributed by atoms with E-state index >= 15 is 0 Å². The Kier molecular flexibility index (Phi) is 7.70. The molecule has 0 aliphatic carbocycles. The van der Waals surface area contributed by atoms with Gasteiger partial charge in [-0.2, -0.15) is 0 Å². The van der Waals surface area contributed by atoms with Crippen molar-refractivity contribution in [3.05, 3.63) is 65.5 Å². The van der Waals surface area contributed by atoms with Gasteiger partial charge in [0.1, 0.15) is 17.3 Å². The van der Waals surface area contributed by atoms with E-state index in [1.54, 1.807) is 43.5 Å². The maximum atomic E-state index is 13.7. The SMILES string of the molecule is CC[C@@H](C)N(Cc1c(-c2ccc(F)cc2)noc1N1CCN(C)CC1)C(=O)c1ccc(OC)cc1. The molecule has 35 heavy (non-hydrogen) atoms. The van der Waals surface area contributed by atoms with Crippen LogP contribution in [0.5, 0.6) is 5.75 Å². The number of carbonyl (C=O) groups excluding carboxylic acids is 1. The number of likely N-dealkylation sites (N-methyl/N-ethyl adjacent to an activating group) is 1. The number of ether oxygens (including phenoxy) is 1. The van der Waals surface area contributed by atoms with E-state index in [0.717, 1.165) is 43.7 Å². The number of halogens is 1. The zero-order valence-electron chi connectivity index (χ0n) is 20.8. The highest BCUT2D eigenvalue weighted by Gasteiger charge is 2.29. The summed E-state index contributed by atoms with van der Waals surface area (Å²) in [7, 11) is 3.70. The van der Waals surface area contributed by atoms with Crippen LogP contribution in [0, 0.1) is 5.82 Å². The van der Waals surface area contributed by atoms with Gasteiger partial charge in [0.2, 0.25) is 5.88 Å². The molecule has 0 saturated carbocycles. The molecule has 1 aliphatic rings. The molecule has 1 atom stereocenters. The molecule has 3 aromatic rings. The maximum absolute atomic E-state index is 13.7. The van der Waals surface area contributed by atoms with Gasteiger partial charge < -0.3 is 24.0 Å². The average Bonchev–Trinajstić information content (AvgIpc) is 3.30. The third-order valence-corrected chi connectivity index (χ3v) is 6.72. The van der Waals surface area contributed by atoms with E-state index in [0.29, 0.717) is 29.4 Å². The van der Waals surface area contributed by atoms with Crippen LogP contribution in [-0.2, 0) is 6.54 Å². The van der Waals surface area contributed by atoms with Crippen molar-refractivity contribution < 1.29 is 18.4 Å². The number of methoxy groups -OCH3 is 1. The molecule has 0 unspecified atom stereocenters. The second-order valence-corrected chi connectivity index (χ2v) is 9.03. The highest BCUT2D eigenvalue weighted by atomic mass is 19.1. The van der Waals surface area contributed by atoms with E-state index in [1.165, 1.54) is 12.1 Å². The molecule has 1 aliphatic heterocycles. The normalized spacial score (nSPS) is 15.2. The Bertz CT molecular complexity index is 1120. The zero-order chi connectivity index (χ0) is 24.9. The Labute approximate surface area is 206 Å². The summed E-state index contributed by atoms with van der Waals surface area (Å²) in [4.78, 5) is 20.0. The van der Waals surface area contributed by atoms with Crippen LogP contribution >= 0.6 is 0 Å². The molecule has 8 heteroatoms. The molecule has 2 aromatic carbocycles. The predicted octanol–water partition coefficient (Wildman–Crippen LogP) is 4.68. The number of nitrogens with zero attached hydrogens (tertiary/aromatic N) is 4. The van der Waals surface area contributed by atoms with Gasteiger partial charge in [-0.3, -0.25) is 4.79 Å². The van der Waals surface area contributed by atoms with Crippen molar-refractivity contribution in [3.8, 4) is 17.0 Å². The topological polar surface area (TPSA) is 62.1 Å². The minimum absolute atomic E-state index is 0.0130. The summed E-state index contributed by atoms with van der Waals surface area (Å²) < 4.78 is 24.8. The average molecular weight is 481 g/mol. The first-order chi connectivity index (χ1) is 16.9. The van der Waals surface area contributed by atoms with Crippen molar-refractivity contribution in [1.29, 1.82) is 0 Å². The molecular formula is C27H33FN4O3. The van der Waals surface area contributed by atoms with Gasteiger partial charge in [-0.05, 0) is 68.9 Å². The zero-order valence-corrected chi connectivity index (χ0v) is 20.8. The smallest absolute Gasteiger partial charge is 0.254 e. The molecule has 2 heterocycles. The van der Waals surface area contributed by atoms with Gasteiger partial charge in [0.05, 0.1) is 19.2 Å². The first-order valence-corrected chi connectivity index (χ1v) is 12.0. The number of amides is 1. The minimum atomic E-state index is -0.311. The molecular weight excluding hydrogens is 447 g/mol. The van der Waals surface area contributed by atoms with E-state index in [9.17, 15) is 9.18 Å². The second kappa shape index (κ2) is 10.9. The van der Waals surface area contributed by atoms with Crippen LogP contribution in [0.2, 0.25) is 0 Å². The van der Waals surface area contributed by atoms with E-state index in [4.69, 9.17) is 9.26 Å². The van der Waals surface area contributed by atoms with Crippen molar-refractivity contribution in [3.63, 3.8) is 0 Å². The van der Waals surface area contributed by atoms with Crippen LogP contribution in [0.1, 0.15) is 36.2 Å². The lowest BCUT2D eigenvalue weighted by Gasteiger charge is -2.33. The first-order valence-electron chi connectivity index (χ1n) is 12.0. The number of rotatable bonds is 8. The van der Waals surface area contributed by atoms with Crippen LogP contribution in [0.15, 0.2) is 53.1 Å². The van der Waals surface area contributed by atoms with Crippen LogP contribution in [0.3, 0.4) is 0 Å². The molecule has 1 aromatic heterocycles. The summed E-state index contributed by atoms with van der Waals surface area (Å²) in [5.74, 6) is 0.992. The molecule has 0 radical (unpaired) electrons. The third kappa shape index (κ3) is 5.48. The lowest BCUT2D eigenvalue weighted by atomic mass is 10.0. The van der Waals surface area contributed by atoms with Crippen molar-refractivity contribution >= 4 is 11.8 Å². The number of aromatic nitrogens is 1. The van der Waals surface area contributed by atoms with Gasteiger partial charge in [0.15, 0.2) is 0 Å². The fourth-order valence-electron chi connectivity index (χ4n) is 4.25. The van der Waals surface area contributed by atoms with Gasteiger partial charge >= 0.3 is 0 Å². The predicted molar refractivity (Wildman–Crippen MR) is 134 cm³/mol. The Morgan fingerprint density at radius 3 is 2.37 bits per heavy atom. The number of anilines is 1. The number of hydrogen-bond donors (Lipinski definition) is 0. The van der Waals surface area contributed by atoms with E-state index in [-0.39, 0.29) is 17.8 Å². The third-order valence-electron chi connectivity index (χ3n) is 6.72. The summed E-state index contributed by atoms with van der Waals surface area (Å²) in [5.41, 5.74) is 2.82. The fourth-order valence-corrected chi connectivity index (χ4v) is 4.25. The first kappa shape index (κ1) is 24.7. The number of benzene rings is 2. The summed E-state index contributed by atoms with van der Waals surface area (Å²) in [6, 6.07) is 13.4. The largest absolute Gasteiger partial charge is 0.497 e. The quantitative estimate of drug-likeness (QED) is 0.467. The van der Waals surface area contributed by atoms with E-state index < -0.39 is 0 Å². The van der Waals surface area contributed by atoms with Crippen LogP contribution < -0.4 is 9.64 Å². The number of carbonyl (C=O) groups is 1. The van der Waals surface area contributed by atoms with Crippen molar-refractivity contribution in [2.75, 3.05) is 45.2 Å². The molecule has 1 saturated heterocycles. The Hall–Kier alpha value is -3.39. The van der Waals surface area contributed by atoms with Crippen LogP contribution in [0.4, 0.5) is 10.3 Å². The molecule has 1 fully saturated rings. The molecule has 0 bridgehead atoms. The molecule has 1 amide bonds. The Morgan fingerprint density at radius 1 is 1.11 bits per heavy atom. The summed E-state index contributed by atoms with van der Waals surface area (Å²) in [6.45, 7) is 7.86. The number of piperazine rings is 1. The molecule has 7 nitrogen and oxygen atoms in total. The lowest BCUT2D eigenvalue weighted by Crippen LogP contribution is -2.45. The van der Waals surface area contributed by atoms with Crippen molar-refractivity contribution in [2.45, 2.75) is 32.9 Å². The van der Waals surface area contributed by atoms with Crippen LogP contribution in [-0.4, -0.2) is 67.2 Å². The number of hydrogen-bond acceptors (Lipinski definition) is 6. The van der Waals surface area contributed by atoms with Crippen LogP contribution in [0.25, 0.3) is 11.3 Å². The van der Waals surface area contributed by atoms with E-state index in [1.807, 2.05) is 11.8 Å². The Morgan fingerprint density at radius 2 is 1.77 bits per heavy atom. The summed E-state index contributed by atoms with van der Waals surface area (Å²) in [6.07, 6.45) is 0.795. The van der Waals surface area contributed by atoms with Gasteiger partial charge in [0, 0.05) is 43.3 Å². The van der Waals surface area contributed by atoms with Gasteiger partial charge in [-0.25, -0.2) is 4.39 Å². The maximum Gasteiger partial charge on any atom is 0.254 e. The molecule has 0 N–H and O–H groups in total. The Balaban J connectivity index is 1.73. The van der Waals surface area contributed by atoms with Gasteiger partial charge in [-0.15, -0.1) is 0 Å². The lowest BCUT2D eigenvalue weighted by molar-refractivity contribution is 0.0672. The highest BCUT2D eigenvalue weighted by Crippen LogP contribution is 2.34. The minimum Gasteiger partial charge on any atom is -0.497 e. The summed E-state index contributed by atoms with van der Waals surface area (Å²) >= 11 is 0. The van der Waals surface area contributed by atoms with Gasteiger partial charge in [-0.1, -0.05) is 12.1 Å². The fraction of sp³-hybridized carbons (Fsp3) is 0.407. The second-order valence-electron chi connectivity index (χ2n) is 9.03. The highest BCUT2D eigenvalue weighted by molar-refractivity contribution is 5.94. The molecule has 0 spiro atoms. The van der Waals surface area contributed by atoms with Crippen molar-refractivity contribution in [2.24, 2.45) is 0 Å². The molecule has 186 valence electrons. The van der Waals surface area contributed by atoms with E-state index in [2.05, 4.69) is 28.9 Å². The molecule has 4 rings (SSSR count). The standard InChI is InChI=1S/C27H33FN4O3/c1-5-19(2)32(26(33)21-8-12-23(34-4)13-9-21)18-24-25(20-6-10-22(28)11-7-20)29-35-27(24)31-16-14-30(3)15-17-31/h6-13,19H,5,14-18H2,1-4H3/t19-/m1/s1. The van der Waals surface area contributed by atoms with Crippen molar-refractivity contribution in [1.82, 2.24) is 15.0 Å². The monoisotopic (exact) mass is 480 g/mol. The summed E-state index contributed by atoms with van der Waals surface area (Å²) in [5, 5.41) is 4.40.